The van der Waals surface area contributed by atoms with Crippen LogP contribution in [0.15, 0.2) is 60.7 Å². The average molecular weight is 401 g/mol. The van der Waals surface area contributed by atoms with Gasteiger partial charge in [-0.1, -0.05) is 48.5 Å². The molecule has 0 aliphatic heterocycles. The molecule has 156 valence electrons. The van der Waals surface area contributed by atoms with Crippen molar-refractivity contribution >= 4 is 0 Å². The minimum atomic E-state index is -0.0622. The van der Waals surface area contributed by atoms with Gasteiger partial charge in [-0.15, -0.1) is 0 Å². The Morgan fingerprint density at radius 3 is 1.90 bits per heavy atom. The predicted octanol–water partition coefficient (Wildman–Crippen LogP) is 6.83. The van der Waals surface area contributed by atoms with Crippen molar-refractivity contribution in [3.05, 3.63) is 77.4 Å². The van der Waals surface area contributed by atoms with E-state index < -0.39 is 0 Å². The van der Waals surface area contributed by atoms with Crippen molar-refractivity contribution in [1.82, 2.24) is 0 Å². The Balaban J connectivity index is 1.47. The van der Waals surface area contributed by atoms with Gasteiger partial charge in [0, 0.05) is 0 Å². The van der Waals surface area contributed by atoms with Gasteiger partial charge in [-0.3, -0.25) is 0 Å². The molecule has 4 rings (SSSR count). The van der Waals surface area contributed by atoms with Gasteiger partial charge in [0.15, 0.2) is 0 Å². The van der Waals surface area contributed by atoms with Crippen LogP contribution in [0.5, 0.6) is 5.75 Å². The summed E-state index contributed by atoms with van der Waals surface area (Å²) in [5.41, 5.74) is 8.79. The molecule has 0 spiro atoms. The highest BCUT2D eigenvalue weighted by Gasteiger charge is 2.19. The number of hydrogen-bond donors (Lipinski definition) is 2. The Kier molecular flexibility index (Phi) is 6.24. The standard InChI is InChI=1S/C28H32O2/c1-19-17-25(18-20(2)28(19)24-11-15-27(30)16-12-24)23-9-5-21(6-10-23)3-4-22-7-13-26(29)14-8-22/h5-6,9-12,15-18,22,26,29-30H,3-4,7-8,13-14H2,1-2H3. The lowest BCUT2D eigenvalue weighted by atomic mass is 9.84. The highest BCUT2D eigenvalue weighted by atomic mass is 16.3. The Morgan fingerprint density at radius 2 is 1.30 bits per heavy atom. The van der Waals surface area contributed by atoms with Crippen LogP contribution in [0.2, 0.25) is 0 Å². The third-order valence-corrected chi connectivity index (χ3v) is 6.63. The largest absolute Gasteiger partial charge is 0.508 e. The van der Waals surface area contributed by atoms with Gasteiger partial charge in [0.1, 0.15) is 5.75 Å². The fourth-order valence-electron chi connectivity index (χ4n) is 4.88. The zero-order valence-electron chi connectivity index (χ0n) is 18.1. The Hall–Kier alpha value is -2.58. The maximum absolute atomic E-state index is 9.67. The second-order valence-corrected chi connectivity index (χ2v) is 8.94. The molecule has 2 heteroatoms. The molecule has 0 saturated heterocycles. The van der Waals surface area contributed by atoms with Crippen molar-refractivity contribution in [2.24, 2.45) is 5.92 Å². The third-order valence-electron chi connectivity index (χ3n) is 6.63. The van der Waals surface area contributed by atoms with E-state index in [9.17, 15) is 10.2 Å². The number of aliphatic hydroxyl groups excluding tert-OH is 1. The van der Waals surface area contributed by atoms with E-state index >= 15 is 0 Å². The van der Waals surface area contributed by atoms with Gasteiger partial charge in [0.25, 0.3) is 0 Å². The van der Waals surface area contributed by atoms with Crippen molar-refractivity contribution in [2.45, 2.75) is 58.5 Å². The molecule has 0 aromatic heterocycles. The summed E-state index contributed by atoms with van der Waals surface area (Å²) in [6.45, 7) is 4.32. The molecule has 0 amide bonds. The first kappa shape index (κ1) is 20.7. The summed E-state index contributed by atoms with van der Waals surface area (Å²) in [6.07, 6.45) is 6.58. The molecule has 1 fully saturated rings. The lowest BCUT2D eigenvalue weighted by molar-refractivity contribution is 0.106. The van der Waals surface area contributed by atoms with Crippen molar-refractivity contribution in [2.75, 3.05) is 0 Å². The van der Waals surface area contributed by atoms with Gasteiger partial charge >= 0.3 is 0 Å². The number of aliphatic hydroxyl groups is 1. The Labute approximate surface area is 180 Å². The van der Waals surface area contributed by atoms with E-state index in [1.807, 2.05) is 12.1 Å². The van der Waals surface area contributed by atoms with E-state index in [1.165, 1.54) is 52.6 Å². The fraction of sp³-hybridized carbons (Fsp3) is 0.357. The van der Waals surface area contributed by atoms with Gasteiger partial charge in [-0.2, -0.15) is 0 Å². The van der Waals surface area contributed by atoms with Gasteiger partial charge in [0.05, 0.1) is 6.10 Å². The van der Waals surface area contributed by atoms with E-state index in [0.717, 1.165) is 30.7 Å². The monoisotopic (exact) mass is 400 g/mol. The maximum atomic E-state index is 9.67. The van der Waals surface area contributed by atoms with Crippen LogP contribution in [0.3, 0.4) is 0 Å². The van der Waals surface area contributed by atoms with Crippen LogP contribution in [-0.4, -0.2) is 16.3 Å². The lowest BCUT2D eigenvalue weighted by Crippen LogP contribution is -2.18. The molecular formula is C28H32O2. The van der Waals surface area contributed by atoms with Crippen LogP contribution >= 0.6 is 0 Å². The normalized spacial score (nSPS) is 19.0. The molecule has 3 aromatic rings. The number of aryl methyl sites for hydroxylation is 3. The van der Waals surface area contributed by atoms with Gasteiger partial charge < -0.3 is 10.2 Å². The average Bonchev–Trinajstić information content (AvgIpc) is 2.74. The molecule has 1 aliphatic carbocycles. The highest BCUT2D eigenvalue weighted by Crippen LogP contribution is 2.33. The molecular weight excluding hydrogens is 368 g/mol. The summed E-state index contributed by atoms with van der Waals surface area (Å²) in [7, 11) is 0. The molecule has 1 aliphatic rings. The minimum Gasteiger partial charge on any atom is -0.508 e. The summed E-state index contributed by atoms with van der Waals surface area (Å²) in [4.78, 5) is 0. The molecule has 0 radical (unpaired) electrons. The van der Waals surface area contributed by atoms with Crippen molar-refractivity contribution in [1.29, 1.82) is 0 Å². The van der Waals surface area contributed by atoms with Crippen LogP contribution in [0.25, 0.3) is 22.3 Å². The molecule has 0 unspecified atom stereocenters. The molecule has 0 bridgehead atoms. The summed E-state index contributed by atoms with van der Waals surface area (Å²) in [5.74, 6) is 1.07. The van der Waals surface area contributed by atoms with E-state index in [2.05, 4.69) is 50.2 Å². The van der Waals surface area contributed by atoms with E-state index in [0.29, 0.717) is 5.75 Å². The van der Waals surface area contributed by atoms with E-state index in [-0.39, 0.29) is 6.10 Å². The molecule has 2 nitrogen and oxygen atoms in total. The van der Waals surface area contributed by atoms with Crippen LogP contribution < -0.4 is 0 Å². The number of benzene rings is 3. The smallest absolute Gasteiger partial charge is 0.115 e. The lowest BCUT2D eigenvalue weighted by Gasteiger charge is -2.25. The Morgan fingerprint density at radius 1 is 0.733 bits per heavy atom. The van der Waals surface area contributed by atoms with Gasteiger partial charge in [-0.25, -0.2) is 0 Å². The molecule has 30 heavy (non-hydrogen) atoms. The van der Waals surface area contributed by atoms with E-state index in [4.69, 9.17) is 0 Å². The second-order valence-electron chi connectivity index (χ2n) is 8.94. The van der Waals surface area contributed by atoms with Crippen LogP contribution in [0.1, 0.15) is 48.8 Å². The highest BCUT2D eigenvalue weighted by molar-refractivity contribution is 5.77. The summed E-state index contributed by atoms with van der Waals surface area (Å²) < 4.78 is 0. The molecule has 3 aromatic carbocycles. The van der Waals surface area contributed by atoms with Crippen LogP contribution in [0.4, 0.5) is 0 Å². The van der Waals surface area contributed by atoms with Crippen LogP contribution in [-0.2, 0) is 6.42 Å². The molecule has 2 N–H and O–H groups in total. The quantitative estimate of drug-likeness (QED) is 0.493. The predicted molar refractivity (Wildman–Crippen MR) is 125 cm³/mol. The zero-order valence-corrected chi connectivity index (χ0v) is 18.1. The SMILES string of the molecule is Cc1cc(-c2ccc(CCC3CCC(O)CC3)cc2)cc(C)c1-c1ccc(O)cc1. The first-order chi connectivity index (χ1) is 14.5. The van der Waals surface area contributed by atoms with E-state index in [1.54, 1.807) is 12.1 Å². The molecule has 0 heterocycles. The number of aromatic hydroxyl groups is 1. The maximum Gasteiger partial charge on any atom is 0.115 e. The summed E-state index contributed by atoms with van der Waals surface area (Å²) in [6, 6.07) is 21.0. The second kappa shape index (κ2) is 9.06. The Bertz CT molecular complexity index is 955. The summed E-state index contributed by atoms with van der Waals surface area (Å²) >= 11 is 0. The third kappa shape index (κ3) is 4.76. The van der Waals surface area contributed by atoms with Gasteiger partial charge in [-0.05, 0) is 109 Å². The number of phenols is 1. The first-order valence-electron chi connectivity index (χ1n) is 11.2. The number of phenolic OH excluding ortho intramolecular Hbond substituents is 1. The summed E-state index contributed by atoms with van der Waals surface area (Å²) in [5, 5.41) is 19.2. The first-order valence-corrected chi connectivity index (χ1v) is 11.2. The van der Waals surface area contributed by atoms with Crippen LogP contribution in [0, 0.1) is 19.8 Å². The topological polar surface area (TPSA) is 40.5 Å². The minimum absolute atomic E-state index is 0.0622. The fourth-order valence-corrected chi connectivity index (χ4v) is 4.88. The van der Waals surface area contributed by atoms with Crippen molar-refractivity contribution < 1.29 is 10.2 Å². The van der Waals surface area contributed by atoms with Crippen molar-refractivity contribution in [3.63, 3.8) is 0 Å². The number of hydrogen-bond acceptors (Lipinski definition) is 2. The zero-order chi connectivity index (χ0) is 21.1. The molecule has 0 atom stereocenters. The van der Waals surface area contributed by atoms with Gasteiger partial charge in [0.2, 0.25) is 0 Å². The molecule has 1 saturated carbocycles. The number of rotatable bonds is 5. The van der Waals surface area contributed by atoms with Crippen molar-refractivity contribution in [3.8, 4) is 28.0 Å².